The zero-order valence-corrected chi connectivity index (χ0v) is 10.1. The quantitative estimate of drug-likeness (QED) is 0.624. The van der Waals surface area contributed by atoms with Crippen molar-refractivity contribution in [1.29, 1.82) is 0 Å². The van der Waals surface area contributed by atoms with Gasteiger partial charge in [-0.15, -0.1) is 0 Å². The fraction of sp³-hybridized carbons (Fsp3) is 0.556. The number of aromatic nitrogens is 2. The maximum absolute atomic E-state index is 11.3. The minimum atomic E-state index is -3.47. The van der Waals surface area contributed by atoms with Gasteiger partial charge in [0.1, 0.15) is 0 Å². The van der Waals surface area contributed by atoms with E-state index in [1.807, 2.05) is 4.57 Å². The number of imidazole rings is 1. The van der Waals surface area contributed by atoms with Gasteiger partial charge in [-0.25, -0.2) is 18.1 Å². The molecule has 0 aromatic carbocycles. The maximum atomic E-state index is 11.3. The second kappa shape index (κ2) is 6.36. The lowest BCUT2D eigenvalue weighted by Crippen LogP contribution is -2.28. The average Bonchev–Trinajstić information content (AvgIpc) is 2.75. The molecule has 1 aromatic rings. The Bertz CT molecular complexity index is 441. The van der Waals surface area contributed by atoms with Crippen molar-refractivity contribution in [3.8, 4) is 0 Å². The summed E-state index contributed by atoms with van der Waals surface area (Å²) in [6.07, 6.45) is 5.34. The summed E-state index contributed by atoms with van der Waals surface area (Å²) in [6.45, 7) is 0.960. The summed E-state index contributed by atoms with van der Waals surface area (Å²) in [6, 6.07) is 0. The van der Waals surface area contributed by atoms with Crippen molar-refractivity contribution in [3.63, 3.8) is 0 Å². The van der Waals surface area contributed by atoms with E-state index in [-0.39, 0.29) is 12.2 Å². The number of rotatable bonds is 8. The van der Waals surface area contributed by atoms with Crippen LogP contribution in [0.4, 0.5) is 0 Å². The van der Waals surface area contributed by atoms with Crippen LogP contribution in [0.1, 0.15) is 12.8 Å². The summed E-state index contributed by atoms with van der Waals surface area (Å²) in [5, 5.41) is 8.37. The minimum Gasteiger partial charge on any atom is -0.481 e. The highest BCUT2D eigenvalue weighted by Crippen LogP contribution is 1.93. The van der Waals surface area contributed by atoms with Gasteiger partial charge < -0.3 is 9.67 Å². The van der Waals surface area contributed by atoms with E-state index >= 15 is 0 Å². The van der Waals surface area contributed by atoms with Crippen LogP contribution in [0.5, 0.6) is 0 Å². The molecule has 8 heteroatoms. The molecule has 0 aliphatic carbocycles. The number of hydrogen-bond donors (Lipinski definition) is 2. The first-order chi connectivity index (χ1) is 7.99. The highest BCUT2D eigenvalue weighted by molar-refractivity contribution is 7.89. The lowest BCUT2D eigenvalue weighted by molar-refractivity contribution is -0.136. The fourth-order valence-electron chi connectivity index (χ4n) is 1.20. The molecule has 0 saturated heterocycles. The van der Waals surface area contributed by atoms with E-state index in [2.05, 4.69) is 9.71 Å². The molecule has 0 atom stereocenters. The van der Waals surface area contributed by atoms with Crippen LogP contribution >= 0.6 is 0 Å². The van der Waals surface area contributed by atoms with E-state index in [9.17, 15) is 13.2 Å². The van der Waals surface area contributed by atoms with Gasteiger partial charge in [-0.2, -0.15) is 0 Å². The Balaban J connectivity index is 2.19. The largest absolute Gasteiger partial charge is 0.481 e. The molecule has 2 N–H and O–H groups in total. The number of nitrogens with zero attached hydrogens (tertiary/aromatic N) is 2. The van der Waals surface area contributed by atoms with Gasteiger partial charge in [0.25, 0.3) is 0 Å². The molecule has 0 radical (unpaired) electrons. The van der Waals surface area contributed by atoms with Crippen molar-refractivity contribution in [3.05, 3.63) is 18.7 Å². The number of sulfonamides is 1. The minimum absolute atomic E-state index is 0.292. The molecule has 1 rings (SSSR count). The van der Waals surface area contributed by atoms with E-state index < -0.39 is 16.0 Å². The summed E-state index contributed by atoms with van der Waals surface area (Å²) < 4.78 is 26.8. The Morgan fingerprint density at radius 1 is 1.47 bits per heavy atom. The van der Waals surface area contributed by atoms with Gasteiger partial charge in [0.15, 0.2) is 0 Å². The number of hydrogen-bond acceptors (Lipinski definition) is 4. The number of carboxylic acid groups (broad SMARTS) is 1. The molecule has 96 valence electrons. The van der Waals surface area contributed by atoms with Gasteiger partial charge >= 0.3 is 5.97 Å². The van der Waals surface area contributed by atoms with Crippen LogP contribution in [0.3, 0.4) is 0 Å². The number of aryl methyl sites for hydroxylation is 1. The van der Waals surface area contributed by atoms with Gasteiger partial charge in [0, 0.05) is 25.5 Å². The van der Waals surface area contributed by atoms with E-state index in [1.165, 1.54) is 0 Å². The predicted octanol–water partition coefficient (Wildman–Crippen LogP) is -0.333. The first-order valence-corrected chi connectivity index (χ1v) is 6.80. The Kier molecular flexibility index (Phi) is 5.11. The Hall–Kier alpha value is -1.41. The van der Waals surface area contributed by atoms with Gasteiger partial charge in [-0.1, -0.05) is 0 Å². The molecule has 0 aliphatic heterocycles. The van der Waals surface area contributed by atoms with Gasteiger partial charge in [-0.3, -0.25) is 4.79 Å². The van der Waals surface area contributed by atoms with Crippen LogP contribution in [0.15, 0.2) is 18.7 Å². The zero-order valence-electron chi connectivity index (χ0n) is 9.24. The molecule has 0 saturated carbocycles. The number of carbonyl (C=O) groups is 1. The lowest BCUT2D eigenvalue weighted by atomic mass is 10.4. The third-order valence-corrected chi connectivity index (χ3v) is 3.44. The van der Waals surface area contributed by atoms with Crippen molar-refractivity contribution >= 4 is 16.0 Å². The first kappa shape index (κ1) is 13.7. The van der Waals surface area contributed by atoms with Crippen LogP contribution in [0.2, 0.25) is 0 Å². The Morgan fingerprint density at radius 3 is 2.82 bits per heavy atom. The molecule has 0 aliphatic rings. The zero-order chi connectivity index (χ0) is 12.7. The SMILES string of the molecule is O=C(O)CCS(=O)(=O)NCCCn1ccnc1. The van der Waals surface area contributed by atoms with Crippen molar-refractivity contribution in [2.24, 2.45) is 0 Å². The summed E-state index contributed by atoms with van der Waals surface area (Å²) in [5.41, 5.74) is 0. The molecule has 17 heavy (non-hydrogen) atoms. The predicted molar refractivity (Wildman–Crippen MR) is 60.9 cm³/mol. The van der Waals surface area contributed by atoms with Crippen LogP contribution in [0.25, 0.3) is 0 Å². The number of aliphatic carboxylic acids is 1. The molecule has 7 nitrogen and oxygen atoms in total. The molecular formula is C9H15N3O4S. The van der Waals surface area contributed by atoms with E-state index in [1.54, 1.807) is 18.7 Å². The molecular weight excluding hydrogens is 246 g/mol. The first-order valence-electron chi connectivity index (χ1n) is 5.14. The van der Waals surface area contributed by atoms with Gasteiger partial charge in [0.2, 0.25) is 10.0 Å². The highest BCUT2D eigenvalue weighted by atomic mass is 32.2. The molecule has 1 heterocycles. The summed E-state index contributed by atoms with van der Waals surface area (Å²) in [5.74, 6) is -1.50. The van der Waals surface area contributed by atoms with Crippen LogP contribution in [-0.2, 0) is 21.4 Å². The van der Waals surface area contributed by atoms with Crippen molar-refractivity contribution < 1.29 is 18.3 Å². The van der Waals surface area contributed by atoms with Crippen molar-refractivity contribution in [2.75, 3.05) is 12.3 Å². The van der Waals surface area contributed by atoms with Crippen LogP contribution < -0.4 is 4.72 Å². The fourth-order valence-corrected chi connectivity index (χ4v) is 2.25. The maximum Gasteiger partial charge on any atom is 0.304 e. The van der Waals surface area contributed by atoms with Crippen LogP contribution in [0, 0.1) is 0 Å². The third kappa shape index (κ3) is 6.03. The summed E-state index contributed by atoms with van der Waals surface area (Å²) in [4.78, 5) is 14.1. The van der Waals surface area contributed by atoms with Crippen molar-refractivity contribution in [2.45, 2.75) is 19.4 Å². The topological polar surface area (TPSA) is 101 Å². The third-order valence-electron chi connectivity index (χ3n) is 2.06. The highest BCUT2D eigenvalue weighted by Gasteiger charge is 2.11. The number of nitrogens with one attached hydrogen (secondary N) is 1. The second-order valence-corrected chi connectivity index (χ2v) is 5.44. The van der Waals surface area contributed by atoms with E-state index in [0.717, 1.165) is 0 Å². The molecule has 1 aromatic heterocycles. The second-order valence-electron chi connectivity index (χ2n) is 3.51. The molecule has 0 bridgehead atoms. The lowest BCUT2D eigenvalue weighted by Gasteiger charge is -2.05. The molecule has 0 unspecified atom stereocenters. The van der Waals surface area contributed by atoms with Gasteiger partial charge in [0.05, 0.1) is 18.5 Å². The average molecular weight is 261 g/mol. The number of carboxylic acids is 1. The van der Waals surface area contributed by atoms with E-state index in [0.29, 0.717) is 19.5 Å². The Morgan fingerprint density at radius 2 is 2.24 bits per heavy atom. The Labute approximate surface area is 99.5 Å². The normalized spacial score (nSPS) is 11.5. The van der Waals surface area contributed by atoms with Crippen LogP contribution in [-0.4, -0.2) is 41.3 Å². The van der Waals surface area contributed by atoms with Crippen molar-refractivity contribution in [1.82, 2.24) is 14.3 Å². The van der Waals surface area contributed by atoms with Gasteiger partial charge in [-0.05, 0) is 6.42 Å². The smallest absolute Gasteiger partial charge is 0.304 e. The summed E-state index contributed by atoms with van der Waals surface area (Å²) >= 11 is 0. The molecule has 0 spiro atoms. The molecule has 0 fully saturated rings. The standard InChI is InChI=1S/C9H15N3O4S/c13-9(14)2-7-17(15,16)11-3-1-5-12-6-4-10-8-12/h4,6,8,11H,1-3,5,7H2,(H,13,14). The monoisotopic (exact) mass is 261 g/mol. The summed E-state index contributed by atoms with van der Waals surface area (Å²) in [7, 11) is -3.47. The van der Waals surface area contributed by atoms with E-state index in [4.69, 9.17) is 5.11 Å². The molecule has 0 amide bonds.